The Balaban J connectivity index is 1.83. The van der Waals surface area contributed by atoms with E-state index in [1.54, 1.807) is 17.0 Å². The summed E-state index contributed by atoms with van der Waals surface area (Å²) in [5, 5.41) is 0. The third-order valence-corrected chi connectivity index (χ3v) is 5.74. The number of rotatable bonds is 9. The van der Waals surface area contributed by atoms with Gasteiger partial charge in [-0.25, -0.2) is 0 Å². The molecule has 0 N–H and O–H groups in total. The van der Waals surface area contributed by atoms with E-state index in [9.17, 15) is 9.59 Å². The highest BCUT2D eigenvalue weighted by Gasteiger charge is 2.24. The zero-order valence-corrected chi connectivity index (χ0v) is 20.5. The molecule has 32 heavy (non-hydrogen) atoms. The molecule has 0 bridgehead atoms. The van der Waals surface area contributed by atoms with E-state index in [-0.39, 0.29) is 24.3 Å². The number of aryl methyl sites for hydroxylation is 1. The summed E-state index contributed by atoms with van der Waals surface area (Å²) < 4.78 is 2.86. The predicted molar refractivity (Wildman–Crippen MR) is 131 cm³/mol. The molecular weight excluding hydrogens is 466 g/mol. The van der Waals surface area contributed by atoms with Crippen molar-refractivity contribution < 1.29 is 9.59 Å². The lowest BCUT2D eigenvalue weighted by molar-refractivity contribution is -0.133. The van der Waals surface area contributed by atoms with Gasteiger partial charge in [0.15, 0.2) is 0 Å². The molecule has 168 valence electrons. The monoisotopic (exact) mass is 495 g/mol. The van der Waals surface area contributed by atoms with Gasteiger partial charge in [-0.2, -0.15) is 0 Å². The molecule has 0 aliphatic carbocycles. The number of hydrogen-bond acceptors (Lipinski definition) is 2. The Morgan fingerprint density at radius 2 is 1.69 bits per heavy atom. The predicted octanol–water partition coefficient (Wildman–Crippen LogP) is 5.11. The van der Waals surface area contributed by atoms with E-state index in [0.29, 0.717) is 25.2 Å². The van der Waals surface area contributed by atoms with Crippen LogP contribution in [0.15, 0.2) is 77.4 Å². The van der Waals surface area contributed by atoms with Crippen LogP contribution in [-0.2, 0) is 24.9 Å². The Kier molecular flexibility index (Phi) is 8.28. The molecular formula is C26H30BrN3O2. The first-order chi connectivity index (χ1) is 15.3. The number of benzene rings is 2. The van der Waals surface area contributed by atoms with Gasteiger partial charge >= 0.3 is 0 Å². The number of amides is 2. The van der Waals surface area contributed by atoms with Gasteiger partial charge in [0, 0.05) is 42.1 Å². The molecule has 3 aromatic rings. The second-order valence-corrected chi connectivity index (χ2v) is 9.35. The normalized spacial score (nSPS) is 10.9. The fourth-order valence-corrected chi connectivity index (χ4v) is 4.02. The van der Waals surface area contributed by atoms with Gasteiger partial charge in [0.2, 0.25) is 5.91 Å². The first-order valence-electron chi connectivity index (χ1n) is 10.8. The minimum atomic E-state index is -0.133. The third-order valence-electron chi connectivity index (χ3n) is 5.24. The number of carbonyl (C=O) groups is 2. The van der Waals surface area contributed by atoms with E-state index in [4.69, 9.17) is 0 Å². The summed E-state index contributed by atoms with van der Waals surface area (Å²) in [5.41, 5.74) is 2.68. The molecule has 0 unspecified atom stereocenters. The van der Waals surface area contributed by atoms with Crippen molar-refractivity contribution in [2.75, 3.05) is 13.1 Å². The third kappa shape index (κ3) is 6.57. The van der Waals surface area contributed by atoms with Crippen molar-refractivity contribution in [2.45, 2.75) is 26.9 Å². The Morgan fingerprint density at radius 1 is 0.938 bits per heavy atom. The molecule has 1 aromatic heterocycles. The van der Waals surface area contributed by atoms with Gasteiger partial charge in [0.05, 0.1) is 6.54 Å². The summed E-state index contributed by atoms with van der Waals surface area (Å²) in [6.07, 6.45) is 1.97. The van der Waals surface area contributed by atoms with Crippen LogP contribution in [0.3, 0.4) is 0 Å². The highest BCUT2D eigenvalue weighted by Crippen LogP contribution is 2.16. The molecule has 6 heteroatoms. The lowest BCUT2D eigenvalue weighted by atomic mass is 10.1. The number of carbonyl (C=O) groups excluding carboxylic acids is 2. The Hall–Kier alpha value is -2.86. The summed E-state index contributed by atoms with van der Waals surface area (Å²) in [7, 11) is 1.97. The van der Waals surface area contributed by atoms with Crippen molar-refractivity contribution in [3.8, 4) is 0 Å². The van der Waals surface area contributed by atoms with Gasteiger partial charge in [-0.15, -0.1) is 0 Å². The molecule has 2 aromatic carbocycles. The maximum absolute atomic E-state index is 13.5. The van der Waals surface area contributed by atoms with Crippen LogP contribution in [0.1, 0.15) is 35.5 Å². The van der Waals surface area contributed by atoms with Gasteiger partial charge in [-0.05, 0) is 41.8 Å². The van der Waals surface area contributed by atoms with Crippen molar-refractivity contribution in [2.24, 2.45) is 13.0 Å². The van der Waals surface area contributed by atoms with E-state index in [0.717, 1.165) is 15.7 Å². The molecule has 0 fully saturated rings. The zero-order chi connectivity index (χ0) is 23.1. The molecule has 0 atom stereocenters. The van der Waals surface area contributed by atoms with Crippen LogP contribution >= 0.6 is 15.9 Å². The average Bonchev–Trinajstić information content (AvgIpc) is 3.17. The van der Waals surface area contributed by atoms with E-state index in [1.807, 2.05) is 77.3 Å². The quantitative estimate of drug-likeness (QED) is 0.413. The van der Waals surface area contributed by atoms with Crippen molar-refractivity contribution in [3.05, 3.63) is 94.2 Å². The molecule has 0 saturated carbocycles. The van der Waals surface area contributed by atoms with Crippen LogP contribution in [0.5, 0.6) is 0 Å². The van der Waals surface area contributed by atoms with Crippen molar-refractivity contribution in [1.82, 2.24) is 14.4 Å². The molecule has 0 aliphatic heterocycles. The average molecular weight is 496 g/mol. The highest BCUT2D eigenvalue weighted by molar-refractivity contribution is 9.10. The smallest absolute Gasteiger partial charge is 0.254 e. The maximum Gasteiger partial charge on any atom is 0.254 e. The van der Waals surface area contributed by atoms with Gasteiger partial charge < -0.3 is 14.4 Å². The molecule has 0 aliphatic rings. The molecule has 0 saturated heterocycles. The van der Waals surface area contributed by atoms with Crippen LogP contribution < -0.4 is 0 Å². The van der Waals surface area contributed by atoms with Gasteiger partial charge in [-0.1, -0.05) is 66.2 Å². The number of hydrogen-bond donors (Lipinski definition) is 0. The summed E-state index contributed by atoms with van der Waals surface area (Å²) in [6, 6.07) is 21.3. The second kappa shape index (κ2) is 11.1. The first kappa shape index (κ1) is 23.8. The lowest BCUT2D eigenvalue weighted by Crippen LogP contribution is -2.44. The molecule has 5 nitrogen and oxygen atoms in total. The van der Waals surface area contributed by atoms with Crippen LogP contribution in [0.2, 0.25) is 0 Å². The van der Waals surface area contributed by atoms with E-state index >= 15 is 0 Å². The summed E-state index contributed by atoms with van der Waals surface area (Å²) in [4.78, 5) is 30.2. The van der Waals surface area contributed by atoms with Crippen LogP contribution in [0, 0.1) is 5.92 Å². The summed E-state index contributed by atoms with van der Waals surface area (Å²) >= 11 is 3.43. The minimum absolute atomic E-state index is 0.0424. The van der Waals surface area contributed by atoms with E-state index in [1.165, 1.54) is 0 Å². The highest BCUT2D eigenvalue weighted by atomic mass is 79.9. The SMILES string of the molecule is CC(C)CN(CC(=O)N(Cc1ccccc1)Cc1cccn1C)C(=O)c1cccc(Br)c1. The van der Waals surface area contributed by atoms with Crippen LogP contribution in [-0.4, -0.2) is 39.3 Å². The summed E-state index contributed by atoms with van der Waals surface area (Å²) in [6.45, 7) is 5.64. The molecule has 3 rings (SSSR count). The maximum atomic E-state index is 13.5. The van der Waals surface area contributed by atoms with Gasteiger partial charge in [0.1, 0.15) is 6.54 Å². The fraction of sp³-hybridized carbons (Fsp3) is 0.308. The second-order valence-electron chi connectivity index (χ2n) is 8.44. The zero-order valence-electron chi connectivity index (χ0n) is 18.9. The largest absolute Gasteiger partial charge is 0.353 e. The van der Waals surface area contributed by atoms with E-state index < -0.39 is 0 Å². The van der Waals surface area contributed by atoms with E-state index in [2.05, 4.69) is 29.8 Å². The van der Waals surface area contributed by atoms with Gasteiger partial charge in [-0.3, -0.25) is 9.59 Å². The standard InChI is InChI=1S/C26H30BrN3O2/c1-20(2)16-30(26(32)22-11-7-12-23(27)15-22)19-25(31)29(17-21-9-5-4-6-10-21)18-24-13-8-14-28(24)3/h4-15,20H,16-19H2,1-3H3. The van der Waals surface area contributed by atoms with Crippen LogP contribution in [0.25, 0.3) is 0 Å². The summed E-state index contributed by atoms with van der Waals surface area (Å²) in [5.74, 6) is 0.0419. The number of nitrogens with zero attached hydrogens (tertiary/aromatic N) is 3. The molecule has 0 spiro atoms. The number of halogens is 1. The molecule has 2 amide bonds. The molecule has 0 radical (unpaired) electrons. The molecule has 1 heterocycles. The van der Waals surface area contributed by atoms with Crippen LogP contribution in [0.4, 0.5) is 0 Å². The number of aromatic nitrogens is 1. The Morgan fingerprint density at radius 3 is 2.31 bits per heavy atom. The Labute approximate surface area is 198 Å². The minimum Gasteiger partial charge on any atom is -0.353 e. The lowest BCUT2D eigenvalue weighted by Gasteiger charge is -2.29. The van der Waals surface area contributed by atoms with Crippen molar-refractivity contribution in [1.29, 1.82) is 0 Å². The van der Waals surface area contributed by atoms with Gasteiger partial charge in [0.25, 0.3) is 5.91 Å². The Bertz CT molecular complexity index is 1050. The van der Waals surface area contributed by atoms with Crippen molar-refractivity contribution >= 4 is 27.7 Å². The van der Waals surface area contributed by atoms with Crippen molar-refractivity contribution in [3.63, 3.8) is 0 Å². The first-order valence-corrected chi connectivity index (χ1v) is 11.6. The topological polar surface area (TPSA) is 45.6 Å². The fourth-order valence-electron chi connectivity index (χ4n) is 3.62.